The zero-order chi connectivity index (χ0) is 23.1. The van der Waals surface area contributed by atoms with Gasteiger partial charge in [-0.3, -0.25) is 9.10 Å². The minimum atomic E-state index is -3.96. The quantitative estimate of drug-likeness (QED) is 0.520. The summed E-state index contributed by atoms with van der Waals surface area (Å²) in [6, 6.07) is 22.6. The van der Waals surface area contributed by atoms with Crippen molar-refractivity contribution in [1.29, 1.82) is 0 Å². The summed E-state index contributed by atoms with van der Waals surface area (Å²) in [5.74, 6) is 0.216. The molecule has 0 aromatic heterocycles. The first-order chi connectivity index (χ1) is 15.3. The van der Waals surface area contributed by atoms with Gasteiger partial charge in [0, 0.05) is 0 Å². The van der Waals surface area contributed by atoms with Crippen molar-refractivity contribution in [3.8, 4) is 5.75 Å². The van der Waals surface area contributed by atoms with Crippen LogP contribution in [0.15, 0.2) is 83.8 Å². The van der Waals surface area contributed by atoms with Gasteiger partial charge in [-0.15, -0.1) is 0 Å². The molecule has 1 N–H and O–H groups in total. The molecule has 0 bridgehead atoms. The summed E-state index contributed by atoms with van der Waals surface area (Å²) in [5, 5.41) is 2.97. The van der Waals surface area contributed by atoms with E-state index in [0.29, 0.717) is 17.9 Å². The Morgan fingerprint density at radius 2 is 1.59 bits per heavy atom. The van der Waals surface area contributed by atoms with Crippen LogP contribution in [0.3, 0.4) is 0 Å². The summed E-state index contributed by atoms with van der Waals surface area (Å²) in [5.41, 5.74) is 2.31. The van der Waals surface area contributed by atoms with E-state index < -0.39 is 10.0 Å². The molecular formula is C25H28N2O4S. The van der Waals surface area contributed by atoms with E-state index in [0.717, 1.165) is 15.4 Å². The zero-order valence-electron chi connectivity index (χ0n) is 18.5. The normalized spacial score (nSPS) is 12.1. The number of carbonyl (C=O) groups excluding carboxylic acids is 1. The Kier molecular flexibility index (Phi) is 7.53. The maximum atomic E-state index is 13.5. The number of hydrogen-bond acceptors (Lipinski definition) is 4. The molecule has 168 valence electrons. The van der Waals surface area contributed by atoms with Crippen LogP contribution in [0, 0.1) is 6.92 Å². The van der Waals surface area contributed by atoms with Crippen molar-refractivity contribution in [2.75, 3.05) is 18.0 Å². The molecule has 0 aliphatic carbocycles. The number of nitrogens with zero attached hydrogens (tertiary/aromatic N) is 1. The van der Waals surface area contributed by atoms with Gasteiger partial charge in [-0.05, 0) is 55.3 Å². The number of aryl methyl sites for hydroxylation is 1. The lowest BCUT2D eigenvalue weighted by molar-refractivity contribution is -0.120. The SMILES string of the molecule is CC[C@H](NC(=O)CN(c1ccc(OC)cc1)S(=O)(=O)c1ccc(C)cc1)c1ccccc1. The van der Waals surface area contributed by atoms with Crippen LogP contribution >= 0.6 is 0 Å². The lowest BCUT2D eigenvalue weighted by Crippen LogP contribution is -2.42. The smallest absolute Gasteiger partial charge is 0.264 e. The molecule has 0 saturated carbocycles. The third kappa shape index (κ3) is 5.48. The van der Waals surface area contributed by atoms with E-state index in [4.69, 9.17) is 4.74 Å². The van der Waals surface area contributed by atoms with E-state index in [-0.39, 0.29) is 23.4 Å². The van der Waals surface area contributed by atoms with Gasteiger partial charge in [0.25, 0.3) is 10.0 Å². The number of methoxy groups -OCH3 is 1. The standard InChI is InChI=1S/C25H28N2O4S/c1-4-24(20-8-6-5-7-9-20)26-25(28)18-27(21-12-14-22(31-3)15-13-21)32(29,30)23-16-10-19(2)11-17-23/h5-17,24H,4,18H2,1-3H3,(H,26,28)/t24-/m0/s1. The third-order valence-electron chi connectivity index (χ3n) is 5.20. The predicted molar refractivity (Wildman–Crippen MR) is 126 cm³/mol. The lowest BCUT2D eigenvalue weighted by Gasteiger charge is -2.26. The highest BCUT2D eigenvalue weighted by atomic mass is 32.2. The Balaban J connectivity index is 1.91. The average molecular weight is 453 g/mol. The van der Waals surface area contributed by atoms with E-state index in [1.165, 1.54) is 7.11 Å². The molecule has 6 nitrogen and oxygen atoms in total. The fourth-order valence-corrected chi connectivity index (χ4v) is 4.80. The number of sulfonamides is 1. The highest BCUT2D eigenvalue weighted by Crippen LogP contribution is 2.26. The minimum Gasteiger partial charge on any atom is -0.497 e. The van der Waals surface area contributed by atoms with E-state index in [1.807, 2.05) is 44.2 Å². The fraction of sp³-hybridized carbons (Fsp3) is 0.240. The van der Waals surface area contributed by atoms with Crippen LogP contribution in [0.1, 0.15) is 30.5 Å². The first kappa shape index (κ1) is 23.3. The molecule has 0 unspecified atom stereocenters. The van der Waals surface area contributed by atoms with Crippen LogP contribution in [0.5, 0.6) is 5.75 Å². The molecule has 0 aliphatic rings. The number of amides is 1. The molecule has 3 aromatic rings. The van der Waals surface area contributed by atoms with Gasteiger partial charge in [0.05, 0.1) is 23.7 Å². The molecule has 0 radical (unpaired) electrons. The Morgan fingerprint density at radius 1 is 0.969 bits per heavy atom. The molecule has 7 heteroatoms. The lowest BCUT2D eigenvalue weighted by atomic mass is 10.0. The van der Waals surface area contributed by atoms with Crippen LogP contribution in [0.2, 0.25) is 0 Å². The van der Waals surface area contributed by atoms with Gasteiger partial charge >= 0.3 is 0 Å². The summed E-state index contributed by atoms with van der Waals surface area (Å²) in [7, 11) is -2.42. The van der Waals surface area contributed by atoms with Gasteiger partial charge in [-0.2, -0.15) is 0 Å². The van der Waals surface area contributed by atoms with Crippen LogP contribution in [-0.2, 0) is 14.8 Å². The molecule has 1 atom stereocenters. The maximum Gasteiger partial charge on any atom is 0.264 e. The Morgan fingerprint density at radius 3 is 2.16 bits per heavy atom. The van der Waals surface area contributed by atoms with Gasteiger partial charge in [0.2, 0.25) is 5.91 Å². The van der Waals surface area contributed by atoms with E-state index in [1.54, 1.807) is 48.5 Å². The maximum absolute atomic E-state index is 13.5. The molecule has 0 saturated heterocycles. The van der Waals surface area contributed by atoms with Crippen molar-refractivity contribution in [1.82, 2.24) is 5.32 Å². The van der Waals surface area contributed by atoms with Crippen molar-refractivity contribution < 1.29 is 17.9 Å². The molecule has 3 rings (SSSR count). The van der Waals surface area contributed by atoms with Gasteiger partial charge < -0.3 is 10.1 Å². The summed E-state index contributed by atoms with van der Waals surface area (Å²) in [6.07, 6.45) is 0.684. The molecule has 0 fully saturated rings. The molecule has 0 spiro atoms. The fourth-order valence-electron chi connectivity index (χ4n) is 3.38. The number of carbonyl (C=O) groups is 1. The molecular weight excluding hydrogens is 424 g/mol. The van der Waals surface area contributed by atoms with Gasteiger partial charge in [0.1, 0.15) is 12.3 Å². The average Bonchev–Trinajstić information content (AvgIpc) is 2.82. The van der Waals surface area contributed by atoms with E-state index >= 15 is 0 Å². The number of benzene rings is 3. The molecule has 32 heavy (non-hydrogen) atoms. The highest BCUT2D eigenvalue weighted by molar-refractivity contribution is 7.92. The van der Waals surface area contributed by atoms with Gasteiger partial charge in [-0.25, -0.2) is 8.42 Å². The van der Waals surface area contributed by atoms with Crippen molar-refractivity contribution in [2.45, 2.75) is 31.2 Å². The second-order valence-electron chi connectivity index (χ2n) is 7.46. The predicted octanol–water partition coefficient (Wildman–Crippen LogP) is 4.47. The topological polar surface area (TPSA) is 75.7 Å². The number of anilines is 1. The largest absolute Gasteiger partial charge is 0.497 e. The van der Waals surface area contributed by atoms with Crippen LogP contribution in [0.25, 0.3) is 0 Å². The van der Waals surface area contributed by atoms with Crippen molar-refractivity contribution in [3.05, 3.63) is 90.0 Å². The first-order valence-electron chi connectivity index (χ1n) is 10.4. The van der Waals surface area contributed by atoms with Crippen molar-refractivity contribution >= 4 is 21.6 Å². The second kappa shape index (κ2) is 10.3. The Bertz CT molecular complexity index is 1130. The number of nitrogens with one attached hydrogen (secondary N) is 1. The van der Waals surface area contributed by atoms with Crippen LogP contribution in [-0.4, -0.2) is 28.0 Å². The number of ether oxygens (including phenoxy) is 1. The first-order valence-corrected chi connectivity index (χ1v) is 11.9. The third-order valence-corrected chi connectivity index (χ3v) is 6.99. The van der Waals surface area contributed by atoms with Crippen LogP contribution in [0.4, 0.5) is 5.69 Å². The minimum absolute atomic E-state index is 0.127. The Hall–Kier alpha value is -3.32. The summed E-state index contributed by atoms with van der Waals surface area (Å²) in [6.45, 7) is 3.52. The Labute approximate surface area is 189 Å². The van der Waals surface area contributed by atoms with Crippen molar-refractivity contribution in [3.63, 3.8) is 0 Å². The summed E-state index contributed by atoms with van der Waals surface area (Å²) < 4.78 is 33.3. The zero-order valence-corrected chi connectivity index (χ0v) is 19.3. The number of hydrogen-bond donors (Lipinski definition) is 1. The summed E-state index contributed by atoms with van der Waals surface area (Å²) >= 11 is 0. The number of rotatable bonds is 9. The molecule has 0 aliphatic heterocycles. The monoisotopic (exact) mass is 452 g/mol. The molecule has 1 amide bonds. The second-order valence-corrected chi connectivity index (χ2v) is 9.32. The molecule has 3 aromatic carbocycles. The summed E-state index contributed by atoms with van der Waals surface area (Å²) in [4.78, 5) is 13.1. The van der Waals surface area contributed by atoms with Crippen LogP contribution < -0.4 is 14.4 Å². The highest BCUT2D eigenvalue weighted by Gasteiger charge is 2.28. The van der Waals surface area contributed by atoms with Gasteiger partial charge in [-0.1, -0.05) is 55.0 Å². The van der Waals surface area contributed by atoms with Gasteiger partial charge in [0.15, 0.2) is 0 Å². The van der Waals surface area contributed by atoms with Crippen molar-refractivity contribution in [2.24, 2.45) is 0 Å². The molecule has 0 heterocycles. The van der Waals surface area contributed by atoms with E-state index in [9.17, 15) is 13.2 Å². The van der Waals surface area contributed by atoms with E-state index in [2.05, 4.69) is 5.32 Å².